The van der Waals surface area contributed by atoms with Crippen LogP contribution in [0, 0.1) is 0 Å². The molecule has 0 spiro atoms. The Morgan fingerprint density at radius 3 is 2.72 bits per heavy atom. The van der Waals surface area contributed by atoms with E-state index >= 15 is 0 Å². The summed E-state index contributed by atoms with van der Waals surface area (Å²) in [6, 6.07) is 0.168. The molecule has 0 radical (unpaired) electrons. The normalized spacial score (nSPS) is 23.6. The number of likely N-dealkylation sites (tertiary alicyclic amines) is 1. The molecule has 0 aliphatic carbocycles. The summed E-state index contributed by atoms with van der Waals surface area (Å²) in [6.45, 7) is 1.99. The third kappa shape index (κ3) is 4.55. The van der Waals surface area contributed by atoms with E-state index < -0.39 is 0 Å². The van der Waals surface area contributed by atoms with Crippen molar-refractivity contribution in [2.45, 2.75) is 44.2 Å². The van der Waals surface area contributed by atoms with Crippen molar-refractivity contribution in [2.24, 2.45) is 5.73 Å². The lowest BCUT2D eigenvalue weighted by atomic mass is 10.1. The fraction of sp³-hybridized carbons (Fsp3) is 0.923. The zero-order valence-corrected chi connectivity index (χ0v) is 11.6. The van der Waals surface area contributed by atoms with E-state index in [2.05, 4.69) is 0 Å². The number of hydrogen-bond donors (Lipinski definition) is 1. The standard InChI is InChI=1S/C13H26N2O3/c1-17-10-11-8-12(18-2)9-15(11)13(16)6-4-3-5-7-14/h11-12H,3-10,14H2,1-2H3/t11-,12+/m0/s1. The SMILES string of the molecule is COC[C@@H]1C[C@@H](OC)CN1C(=O)CCCCCN. The quantitative estimate of drug-likeness (QED) is 0.653. The van der Waals surface area contributed by atoms with Gasteiger partial charge in [-0.25, -0.2) is 0 Å². The van der Waals surface area contributed by atoms with Crippen molar-refractivity contribution in [3.8, 4) is 0 Å². The number of carbonyl (C=O) groups is 1. The van der Waals surface area contributed by atoms with E-state index in [1.165, 1.54) is 0 Å². The van der Waals surface area contributed by atoms with E-state index in [-0.39, 0.29) is 18.1 Å². The summed E-state index contributed by atoms with van der Waals surface area (Å²) < 4.78 is 10.5. The second kappa shape index (κ2) is 8.45. The first kappa shape index (κ1) is 15.4. The van der Waals surface area contributed by atoms with Crippen molar-refractivity contribution in [3.05, 3.63) is 0 Å². The molecule has 1 aliphatic heterocycles. The Balaban J connectivity index is 2.38. The molecule has 0 aromatic rings. The summed E-state index contributed by atoms with van der Waals surface area (Å²) in [6.07, 6.45) is 4.58. The molecule has 0 aromatic heterocycles. The summed E-state index contributed by atoms with van der Waals surface area (Å²) in [7, 11) is 3.37. The number of amides is 1. The highest BCUT2D eigenvalue weighted by Crippen LogP contribution is 2.21. The molecule has 0 bridgehead atoms. The molecule has 2 atom stereocenters. The van der Waals surface area contributed by atoms with Gasteiger partial charge in [0, 0.05) is 27.2 Å². The second-order valence-electron chi connectivity index (χ2n) is 4.85. The van der Waals surface area contributed by atoms with Crippen LogP contribution in [0.25, 0.3) is 0 Å². The van der Waals surface area contributed by atoms with Gasteiger partial charge in [-0.3, -0.25) is 4.79 Å². The van der Waals surface area contributed by atoms with Gasteiger partial charge in [-0.05, 0) is 25.8 Å². The highest BCUT2D eigenvalue weighted by Gasteiger charge is 2.34. The molecule has 0 unspecified atom stereocenters. The van der Waals surface area contributed by atoms with E-state index in [0.717, 1.165) is 25.7 Å². The van der Waals surface area contributed by atoms with Gasteiger partial charge >= 0.3 is 0 Å². The molecule has 1 fully saturated rings. The summed E-state index contributed by atoms with van der Waals surface area (Å²) in [4.78, 5) is 14.1. The predicted molar refractivity (Wildman–Crippen MR) is 70.3 cm³/mol. The molecule has 5 heteroatoms. The minimum Gasteiger partial charge on any atom is -0.383 e. The van der Waals surface area contributed by atoms with Gasteiger partial charge in [-0.2, -0.15) is 0 Å². The number of methoxy groups -OCH3 is 2. The van der Waals surface area contributed by atoms with Crippen LogP contribution >= 0.6 is 0 Å². The lowest BCUT2D eigenvalue weighted by Crippen LogP contribution is -2.38. The molecule has 2 N–H and O–H groups in total. The average molecular weight is 258 g/mol. The highest BCUT2D eigenvalue weighted by atomic mass is 16.5. The fourth-order valence-electron chi connectivity index (χ4n) is 2.44. The Bertz CT molecular complexity index is 248. The Labute approximate surface area is 110 Å². The highest BCUT2D eigenvalue weighted by molar-refractivity contribution is 5.76. The maximum atomic E-state index is 12.1. The third-order valence-corrected chi connectivity index (χ3v) is 3.48. The molecule has 1 rings (SSSR count). The van der Waals surface area contributed by atoms with Crippen LogP contribution in [0.4, 0.5) is 0 Å². The molecular formula is C13H26N2O3. The zero-order valence-electron chi connectivity index (χ0n) is 11.6. The number of unbranched alkanes of at least 4 members (excludes halogenated alkanes) is 2. The van der Waals surface area contributed by atoms with Gasteiger partial charge < -0.3 is 20.1 Å². The summed E-state index contributed by atoms with van der Waals surface area (Å²) >= 11 is 0. The summed E-state index contributed by atoms with van der Waals surface area (Å²) in [5.74, 6) is 0.216. The molecule has 1 saturated heterocycles. The van der Waals surface area contributed by atoms with Crippen LogP contribution in [-0.4, -0.2) is 56.9 Å². The summed E-state index contributed by atoms with van der Waals surface area (Å²) in [5, 5.41) is 0. The van der Waals surface area contributed by atoms with Gasteiger partial charge in [0.15, 0.2) is 0 Å². The first-order valence-electron chi connectivity index (χ1n) is 6.74. The van der Waals surface area contributed by atoms with Crippen molar-refractivity contribution in [1.82, 2.24) is 4.90 Å². The lowest BCUT2D eigenvalue weighted by molar-refractivity contribution is -0.133. The van der Waals surface area contributed by atoms with E-state index in [1.54, 1.807) is 14.2 Å². The smallest absolute Gasteiger partial charge is 0.222 e. The Morgan fingerprint density at radius 2 is 2.11 bits per heavy atom. The molecule has 1 amide bonds. The predicted octanol–water partition coefficient (Wildman–Crippen LogP) is 0.768. The topological polar surface area (TPSA) is 64.8 Å². The Hall–Kier alpha value is -0.650. The van der Waals surface area contributed by atoms with E-state index in [9.17, 15) is 4.79 Å². The van der Waals surface area contributed by atoms with Gasteiger partial charge in [-0.1, -0.05) is 6.42 Å². The van der Waals surface area contributed by atoms with Crippen LogP contribution in [0.15, 0.2) is 0 Å². The first-order chi connectivity index (χ1) is 8.72. The zero-order chi connectivity index (χ0) is 13.4. The average Bonchev–Trinajstić information content (AvgIpc) is 2.78. The number of rotatable bonds is 8. The van der Waals surface area contributed by atoms with Crippen LogP contribution in [0.5, 0.6) is 0 Å². The van der Waals surface area contributed by atoms with E-state index in [4.69, 9.17) is 15.2 Å². The first-order valence-corrected chi connectivity index (χ1v) is 6.74. The number of hydrogen-bond acceptors (Lipinski definition) is 4. The van der Waals surface area contributed by atoms with E-state index in [1.807, 2.05) is 4.90 Å². The molecule has 18 heavy (non-hydrogen) atoms. The van der Waals surface area contributed by atoms with Gasteiger partial charge in [0.1, 0.15) is 0 Å². The van der Waals surface area contributed by atoms with Crippen LogP contribution in [0.3, 0.4) is 0 Å². The van der Waals surface area contributed by atoms with Crippen molar-refractivity contribution < 1.29 is 14.3 Å². The maximum absolute atomic E-state index is 12.1. The Kier molecular flexibility index (Phi) is 7.23. The minimum atomic E-state index is 0.151. The van der Waals surface area contributed by atoms with Crippen LogP contribution in [0.1, 0.15) is 32.1 Å². The van der Waals surface area contributed by atoms with Crippen LogP contribution < -0.4 is 5.73 Å². The minimum absolute atomic E-state index is 0.151. The third-order valence-electron chi connectivity index (χ3n) is 3.48. The van der Waals surface area contributed by atoms with Gasteiger partial charge in [0.25, 0.3) is 0 Å². The van der Waals surface area contributed by atoms with Crippen molar-refractivity contribution >= 4 is 5.91 Å². The number of ether oxygens (including phenoxy) is 2. The molecule has 1 heterocycles. The van der Waals surface area contributed by atoms with Gasteiger partial charge in [0.05, 0.1) is 18.8 Å². The van der Waals surface area contributed by atoms with Crippen molar-refractivity contribution in [2.75, 3.05) is 33.9 Å². The molecule has 1 aliphatic rings. The second-order valence-corrected chi connectivity index (χ2v) is 4.85. The molecule has 106 valence electrons. The fourth-order valence-corrected chi connectivity index (χ4v) is 2.44. The molecular weight excluding hydrogens is 232 g/mol. The van der Waals surface area contributed by atoms with Gasteiger partial charge in [0.2, 0.25) is 5.91 Å². The molecule has 0 saturated carbocycles. The lowest BCUT2D eigenvalue weighted by Gasteiger charge is -2.23. The largest absolute Gasteiger partial charge is 0.383 e. The van der Waals surface area contributed by atoms with Crippen LogP contribution in [-0.2, 0) is 14.3 Å². The Morgan fingerprint density at radius 1 is 1.33 bits per heavy atom. The number of nitrogens with two attached hydrogens (primary N) is 1. The van der Waals surface area contributed by atoms with Crippen molar-refractivity contribution in [1.29, 1.82) is 0 Å². The number of nitrogens with zero attached hydrogens (tertiary/aromatic N) is 1. The maximum Gasteiger partial charge on any atom is 0.222 e. The van der Waals surface area contributed by atoms with E-state index in [0.29, 0.717) is 26.1 Å². The monoisotopic (exact) mass is 258 g/mol. The van der Waals surface area contributed by atoms with Crippen LogP contribution in [0.2, 0.25) is 0 Å². The molecule has 0 aromatic carbocycles. The summed E-state index contributed by atoms with van der Waals surface area (Å²) in [5.41, 5.74) is 5.44. The number of carbonyl (C=O) groups excluding carboxylic acids is 1. The van der Waals surface area contributed by atoms with Crippen molar-refractivity contribution in [3.63, 3.8) is 0 Å². The molecule has 5 nitrogen and oxygen atoms in total. The van der Waals surface area contributed by atoms with Gasteiger partial charge in [-0.15, -0.1) is 0 Å².